The van der Waals surface area contributed by atoms with Crippen molar-refractivity contribution in [2.75, 3.05) is 57.1 Å². The first kappa shape index (κ1) is 110. The van der Waals surface area contributed by atoms with E-state index < -0.39 is 234 Å². The molecule has 6 heterocycles. The average Bonchev–Trinajstić information content (AvgIpc) is 0.753. The number of anilines is 3. The number of fused-ring (bicyclic) bond motifs is 3. The van der Waals surface area contributed by atoms with Crippen LogP contribution in [0.15, 0.2) is 105 Å². The molecule has 142 heavy (non-hydrogen) atoms. The smallest absolute Gasteiger partial charge is 0.417 e. The molecule has 0 fully saturated rings. The monoisotopic (exact) mass is 2040 g/mol. The fourth-order valence-electron chi connectivity index (χ4n) is 15.9. The SMILES string of the molecule is CC[C@@H](Nc1cc(F)c(C(=O)N[C@@H](Cc2ccc(-c3c(C(F)(F)F)cc(C)n(C)c3=O)c3c2CCCO3)C(=O)OC)c(F)c1)C(F)(F)F.COC(=O)[C@H](Cc1ccc(-c2c(C(F)(F)F)cc(C)n(C)c2=O)c2c1CCCO2)NC(=O)c1c(F)cc(N[C@H](C)C(F)(F)F)cc1F.COC(=O)[C@H](Cc1ccc(-c2c(C(F)(F)F)cc(C)n(C)c2=O)c2c1CCCO2)NC(=O)c1c(F)cc(N[C@H](C)C(F)(F)F)cc1F. The Bertz CT molecular complexity index is 6220. The number of benzene rings is 6. The molecule has 6 N–H and O–H groups in total. The second-order valence-corrected chi connectivity index (χ2v) is 33.1. The van der Waals surface area contributed by atoms with Gasteiger partial charge >= 0.3 is 55.0 Å². The highest BCUT2D eigenvalue weighted by molar-refractivity contribution is 6.00. The van der Waals surface area contributed by atoms with Gasteiger partial charge in [-0.1, -0.05) is 43.3 Å². The molecule has 6 atom stereocenters. The van der Waals surface area contributed by atoms with Crippen LogP contribution in [0.4, 0.5) is 122 Å². The number of hydrogen-bond donors (Lipinski definition) is 6. The molecule has 0 aliphatic carbocycles. The van der Waals surface area contributed by atoms with Crippen molar-refractivity contribution in [3.63, 3.8) is 0 Å². The summed E-state index contributed by atoms with van der Waals surface area (Å²) in [5.74, 6) is -16.6. The summed E-state index contributed by atoms with van der Waals surface area (Å²) < 4.78 is 368. The first-order valence-electron chi connectivity index (χ1n) is 42.9. The van der Waals surface area contributed by atoms with Crippen LogP contribution in [0.5, 0.6) is 17.2 Å². The molecule has 12 rings (SSSR count). The standard InChI is InChI=1S/C32H31F8N3O5.2C31H29F8N3O5/c1-5-24(32(38,39)40)41-17-13-21(33)26(22(34)14-17)28(44)42-23(30(46)47-4)12-16-8-9-19(27-18(16)7-6-10-48-27)25-20(31(35,36)37)11-15(2)43(3)29(25)45;2*1-14-10-20(31(37,38)39)24(28(44)42(14)3)19-8-7-16(18-6-5-9-47-26(18)19)11-23(29(45)46-4)41-27(43)25-21(32)12-17(13-22(25)33)40-15(2)30(34,35)36/h8-9,11,13-14,23-24,41H,5-7,10,12H2,1-4H3,(H,42,44);2*7-8,10,12-13,15,23,40H,5-6,9,11H2,1-4H3,(H,41,43)/t23-,24+;2*15-,23+/m011/s1. The molecule has 0 radical (unpaired) electrons. The molecule has 0 saturated heterocycles. The summed E-state index contributed by atoms with van der Waals surface area (Å²) in [7, 11) is 6.93. The number of aromatic nitrogens is 3. The highest BCUT2D eigenvalue weighted by Gasteiger charge is 2.46. The fourth-order valence-corrected chi connectivity index (χ4v) is 15.9. The van der Waals surface area contributed by atoms with Crippen LogP contribution in [0.2, 0.25) is 0 Å². The van der Waals surface area contributed by atoms with Crippen LogP contribution in [0.3, 0.4) is 0 Å². The number of pyridine rings is 3. The molecule has 0 bridgehead atoms. The lowest BCUT2D eigenvalue weighted by molar-refractivity contribution is -0.143. The van der Waals surface area contributed by atoms with Crippen molar-refractivity contribution in [2.24, 2.45) is 21.1 Å². The van der Waals surface area contributed by atoms with Gasteiger partial charge in [0.05, 0.1) is 74.5 Å². The molecule has 0 unspecified atom stereocenters. The average molecular weight is 2040 g/mol. The van der Waals surface area contributed by atoms with Crippen LogP contribution >= 0.6 is 0 Å². The van der Waals surface area contributed by atoms with Crippen molar-refractivity contribution in [3.05, 3.63) is 241 Å². The molecule has 3 aromatic heterocycles. The Kier molecular flexibility index (Phi) is 33.9. The van der Waals surface area contributed by atoms with Crippen molar-refractivity contribution in [2.45, 2.75) is 179 Å². The zero-order chi connectivity index (χ0) is 106. The predicted octanol–water partition coefficient (Wildman–Crippen LogP) is 18.0. The van der Waals surface area contributed by atoms with Crippen molar-refractivity contribution in [1.29, 1.82) is 0 Å². The molecule has 24 nitrogen and oxygen atoms in total. The maximum Gasteiger partial charge on any atom is 0.417 e. The summed E-state index contributed by atoms with van der Waals surface area (Å²) in [6.45, 7) is 7.06. The first-order valence-corrected chi connectivity index (χ1v) is 42.9. The maximum absolute atomic E-state index is 14.9. The lowest BCUT2D eigenvalue weighted by Gasteiger charge is -2.26. The van der Waals surface area contributed by atoms with E-state index in [1.807, 2.05) is 16.0 Å². The molecule has 6 aromatic carbocycles. The third kappa shape index (κ3) is 24.8. The minimum Gasteiger partial charge on any atom is -0.493 e. The van der Waals surface area contributed by atoms with Gasteiger partial charge in [-0.25, -0.2) is 40.7 Å². The lowest BCUT2D eigenvalue weighted by Crippen LogP contribution is -2.44. The zero-order valence-electron chi connectivity index (χ0n) is 76.9. The lowest BCUT2D eigenvalue weighted by atomic mass is 9.89. The van der Waals surface area contributed by atoms with Gasteiger partial charge in [-0.15, -0.1) is 0 Å². The molecule has 3 aliphatic heterocycles. The Morgan fingerprint density at radius 2 is 0.613 bits per heavy atom. The highest BCUT2D eigenvalue weighted by atomic mass is 19.4. The van der Waals surface area contributed by atoms with Crippen molar-refractivity contribution in [3.8, 4) is 50.6 Å². The van der Waals surface area contributed by atoms with Gasteiger partial charge in [-0.2, -0.15) is 79.0 Å². The molecule has 3 amide bonds. The summed E-state index contributed by atoms with van der Waals surface area (Å²) in [6, 6.07) is 2.09. The third-order valence-electron chi connectivity index (χ3n) is 23.6. The second-order valence-electron chi connectivity index (χ2n) is 33.1. The summed E-state index contributed by atoms with van der Waals surface area (Å²) in [6.07, 6.45) is -28.4. The number of esters is 3. The van der Waals surface area contributed by atoms with E-state index in [0.717, 1.165) is 67.1 Å². The van der Waals surface area contributed by atoms with E-state index in [0.29, 0.717) is 89.0 Å². The Morgan fingerprint density at radius 1 is 0.373 bits per heavy atom. The van der Waals surface area contributed by atoms with Gasteiger partial charge in [0.15, 0.2) is 0 Å². The normalized spacial score (nSPS) is 14.5. The minimum atomic E-state index is -4.89. The molecule has 0 spiro atoms. The number of methoxy groups -OCH3 is 3. The van der Waals surface area contributed by atoms with E-state index in [1.165, 1.54) is 85.2 Å². The van der Waals surface area contributed by atoms with E-state index in [4.69, 9.17) is 28.4 Å². The molecule has 0 saturated carbocycles. The molecule has 48 heteroatoms. The van der Waals surface area contributed by atoms with Gasteiger partial charge in [0.25, 0.3) is 34.4 Å². The Labute approximate surface area is 790 Å². The minimum absolute atomic E-state index is 0.0236. The van der Waals surface area contributed by atoms with Crippen LogP contribution in [-0.4, -0.2) is 145 Å². The summed E-state index contributed by atoms with van der Waals surface area (Å²) in [5.41, 5.74) is -11.7. The van der Waals surface area contributed by atoms with Gasteiger partial charge in [-0.3, -0.25) is 28.8 Å². The fraction of sp³-hybridized carbons (Fsp3) is 0.394. The topological polar surface area (TPSA) is 296 Å². The van der Waals surface area contributed by atoms with Crippen LogP contribution < -0.4 is 62.8 Å². The van der Waals surface area contributed by atoms with Crippen molar-refractivity contribution in [1.82, 2.24) is 29.7 Å². The largest absolute Gasteiger partial charge is 0.493 e. The molecule has 3 aliphatic rings. The van der Waals surface area contributed by atoms with E-state index in [1.54, 1.807) is 0 Å². The highest BCUT2D eigenvalue weighted by Crippen LogP contribution is 2.48. The third-order valence-corrected chi connectivity index (χ3v) is 23.6. The number of alkyl halides is 18. The molecule has 768 valence electrons. The van der Waals surface area contributed by atoms with Crippen LogP contribution in [-0.2, 0) is 107 Å². The van der Waals surface area contributed by atoms with Crippen LogP contribution in [0.25, 0.3) is 33.4 Å². The summed E-state index contributed by atoms with van der Waals surface area (Å²) in [5, 5.41) is 12.3. The van der Waals surface area contributed by atoms with Gasteiger partial charge in [-0.05, 0) is 168 Å². The number of amides is 3. The van der Waals surface area contributed by atoms with E-state index in [9.17, 15) is 149 Å². The van der Waals surface area contributed by atoms with E-state index >= 15 is 0 Å². The number of carbonyl (C=O) groups is 6. The van der Waals surface area contributed by atoms with Gasteiger partial charge < -0.3 is 74.0 Å². The maximum atomic E-state index is 14.9. The molecular formula is C94H89F24N9O15. The Balaban J connectivity index is 0.000000219. The number of halogens is 24. The first-order chi connectivity index (χ1) is 66.1. The Hall–Kier alpha value is -13.9. The Morgan fingerprint density at radius 3 is 0.824 bits per heavy atom. The van der Waals surface area contributed by atoms with Gasteiger partial charge in [0, 0.05) is 91.2 Å². The summed E-state index contributed by atoms with van der Waals surface area (Å²) >= 11 is 0. The summed E-state index contributed by atoms with van der Waals surface area (Å²) in [4.78, 5) is 117. The number of nitrogens with one attached hydrogen (secondary N) is 6. The van der Waals surface area contributed by atoms with Gasteiger partial charge in [0.2, 0.25) is 0 Å². The van der Waals surface area contributed by atoms with E-state index in [2.05, 4.69) is 16.0 Å². The predicted molar refractivity (Wildman–Crippen MR) is 464 cm³/mol. The number of aryl methyl sites for hydroxylation is 3. The zero-order valence-corrected chi connectivity index (χ0v) is 76.9. The number of rotatable bonds is 25. The van der Waals surface area contributed by atoms with Crippen LogP contribution in [0.1, 0.15) is 145 Å². The van der Waals surface area contributed by atoms with Crippen LogP contribution in [0, 0.1) is 55.7 Å². The van der Waals surface area contributed by atoms with Crippen molar-refractivity contribution < 1.29 is 163 Å². The van der Waals surface area contributed by atoms with Crippen molar-refractivity contribution >= 4 is 52.7 Å². The quantitative estimate of drug-likeness (QED) is 0.0176. The van der Waals surface area contributed by atoms with Gasteiger partial charge in [0.1, 0.15) is 105 Å². The number of hydrogen-bond acceptors (Lipinski definition) is 18. The molecule has 9 aromatic rings. The van der Waals surface area contributed by atoms with E-state index in [-0.39, 0.29) is 109 Å². The number of nitrogens with zero attached hydrogens (tertiary/aromatic N) is 3. The second kappa shape index (κ2) is 43.7. The number of ether oxygens (including phenoxy) is 6. The number of carbonyl (C=O) groups excluding carboxylic acids is 6. The molecular weight excluding hydrogens is 1950 g/mol.